The zero-order valence-electron chi connectivity index (χ0n) is 14.4. The van der Waals surface area contributed by atoms with E-state index in [0.717, 1.165) is 0 Å². The summed E-state index contributed by atoms with van der Waals surface area (Å²) in [5.74, 6) is -0.703. The standard InChI is InChI=1S/C17H19FN2O5S/c1-11(17(21)19-14-7-5-4-6-13(14)18)20-26(22,23)12-8-9-15(24-2)16(10-12)25-3/h4-11,20H,1-3H3,(H,19,21). The summed E-state index contributed by atoms with van der Waals surface area (Å²) in [7, 11) is -1.19. The van der Waals surface area contributed by atoms with Crippen LogP contribution >= 0.6 is 0 Å². The molecule has 1 unspecified atom stereocenters. The Labute approximate surface area is 151 Å². The van der Waals surface area contributed by atoms with Crippen molar-refractivity contribution in [2.75, 3.05) is 19.5 Å². The Morgan fingerprint density at radius 3 is 2.35 bits per heavy atom. The highest BCUT2D eigenvalue weighted by Crippen LogP contribution is 2.29. The van der Waals surface area contributed by atoms with Crippen LogP contribution in [0, 0.1) is 5.82 Å². The minimum atomic E-state index is -4.00. The van der Waals surface area contributed by atoms with Crippen molar-refractivity contribution in [3.8, 4) is 11.5 Å². The van der Waals surface area contributed by atoms with Crippen molar-refractivity contribution in [1.82, 2.24) is 4.72 Å². The molecular weight excluding hydrogens is 363 g/mol. The van der Waals surface area contributed by atoms with Gasteiger partial charge in [-0.15, -0.1) is 0 Å². The molecule has 0 saturated carbocycles. The smallest absolute Gasteiger partial charge is 0.242 e. The van der Waals surface area contributed by atoms with Crippen molar-refractivity contribution in [2.45, 2.75) is 17.9 Å². The molecular formula is C17H19FN2O5S. The van der Waals surface area contributed by atoms with Crippen molar-refractivity contribution in [2.24, 2.45) is 0 Å². The minimum Gasteiger partial charge on any atom is -0.493 e. The molecule has 0 aliphatic rings. The summed E-state index contributed by atoms with van der Waals surface area (Å²) >= 11 is 0. The summed E-state index contributed by atoms with van der Waals surface area (Å²) in [5.41, 5.74) is -0.0327. The summed E-state index contributed by atoms with van der Waals surface area (Å²) in [6.45, 7) is 1.36. The lowest BCUT2D eigenvalue weighted by atomic mass is 10.2. The molecule has 0 radical (unpaired) electrons. The fourth-order valence-electron chi connectivity index (χ4n) is 2.14. The van der Waals surface area contributed by atoms with Gasteiger partial charge in [0.2, 0.25) is 15.9 Å². The molecule has 1 atom stereocenters. The molecule has 2 rings (SSSR count). The molecule has 2 aromatic rings. The van der Waals surface area contributed by atoms with Crippen LogP contribution in [0.3, 0.4) is 0 Å². The van der Waals surface area contributed by atoms with Gasteiger partial charge in [0, 0.05) is 6.07 Å². The monoisotopic (exact) mass is 382 g/mol. The van der Waals surface area contributed by atoms with E-state index in [1.165, 1.54) is 57.5 Å². The van der Waals surface area contributed by atoms with Gasteiger partial charge in [0.05, 0.1) is 30.8 Å². The molecule has 0 saturated heterocycles. The van der Waals surface area contributed by atoms with E-state index in [4.69, 9.17) is 9.47 Å². The second kappa shape index (κ2) is 8.15. The number of hydrogen-bond acceptors (Lipinski definition) is 5. The van der Waals surface area contributed by atoms with Crippen molar-refractivity contribution in [1.29, 1.82) is 0 Å². The van der Waals surface area contributed by atoms with Crippen LogP contribution in [0.1, 0.15) is 6.92 Å². The minimum absolute atomic E-state index is 0.0327. The van der Waals surface area contributed by atoms with Crippen LogP contribution in [0.2, 0.25) is 0 Å². The third kappa shape index (κ3) is 4.50. The predicted molar refractivity (Wildman–Crippen MR) is 94.4 cm³/mol. The van der Waals surface area contributed by atoms with Crippen LogP contribution < -0.4 is 19.5 Å². The third-order valence-electron chi connectivity index (χ3n) is 3.52. The first-order valence-corrected chi connectivity index (χ1v) is 9.06. The highest BCUT2D eigenvalue weighted by Gasteiger charge is 2.23. The maximum atomic E-state index is 13.6. The van der Waals surface area contributed by atoms with Crippen LogP contribution in [0.25, 0.3) is 0 Å². The summed E-state index contributed by atoms with van der Waals surface area (Å²) in [4.78, 5) is 12.1. The van der Waals surface area contributed by atoms with Crippen molar-refractivity contribution < 1.29 is 27.1 Å². The second-order valence-electron chi connectivity index (χ2n) is 5.33. The average molecular weight is 382 g/mol. The second-order valence-corrected chi connectivity index (χ2v) is 7.04. The molecule has 9 heteroatoms. The summed E-state index contributed by atoms with van der Waals surface area (Å²) in [6, 6.07) is 8.51. The number of rotatable bonds is 7. The third-order valence-corrected chi connectivity index (χ3v) is 5.06. The topological polar surface area (TPSA) is 93.7 Å². The van der Waals surface area contributed by atoms with E-state index in [1.54, 1.807) is 6.07 Å². The molecule has 0 aromatic heterocycles. The van der Waals surface area contributed by atoms with Gasteiger partial charge in [0.1, 0.15) is 5.82 Å². The first-order chi connectivity index (χ1) is 12.3. The maximum Gasteiger partial charge on any atom is 0.242 e. The Morgan fingerprint density at radius 1 is 1.08 bits per heavy atom. The molecule has 0 aliphatic heterocycles. The van der Waals surface area contributed by atoms with Crippen molar-refractivity contribution in [3.05, 3.63) is 48.3 Å². The number of ether oxygens (including phenoxy) is 2. The largest absolute Gasteiger partial charge is 0.493 e. The van der Waals surface area contributed by atoms with Gasteiger partial charge in [-0.05, 0) is 31.2 Å². The van der Waals surface area contributed by atoms with Crippen molar-refractivity contribution >= 4 is 21.6 Å². The van der Waals surface area contributed by atoms with Gasteiger partial charge < -0.3 is 14.8 Å². The van der Waals surface area contributed by atoms with Gasteiger partial charge in [-0.3, -0.25) is 4.79 Å². The molecule has 0 fully saturated rings. The van der Waals surface area contributed by atoms with Crippen LogP contribution in [-0.2, 0) is 14.8 Å². The number of para-hydroxylation sites is 1. The predicted octanol–water partition coefficient (Wildman–Crippen LogP) is 2.15. The van der Waals surface area contributed by atoms with E-state index in [1.807, 2.05) is 0 Å². The Balaban J connectivity index is 2.15. The van der Waals surface area contributed by atoms with Gasteiger partial charge in [0.25, 0.3) is 0 Å². The highest BCUT2D eigenvalue weighted by atomic mass is 32.2. The molecule has 7 nitrogen and oxygen atoms in total. The lowest BCUT2D eigenvalue weighted by molar-refractivity contribution is -0.117. The van der Waals surface area contributed by atoms with E-state index in [0.29, 0.717) is 5.75 Å². The number of methoxy groups -OCH3 is 2. The van der Waals surface area contributed by atoms with E-state index >= 15 is 0 Å². The number of nitrogens with one attached hydrogen (secondary N) is 2. The lowest BCUT2D eigenvalue weighted by Gasteiger charge is -2.16. The van der Waals surface area contributed by atoms with Gasteiger partial charge in [-0.25, -0.2) is 12.8 Å². The number of carbonyl (C=O) groups excluding carboxylic acids is 1. The number of carbonyl (C=O) groups is 1. The van der Waals surface area contributed by atoms with Crippen molar-refractivity contribution in [3.63, 3.8) is 0 Å². The number of hydrogen-bond donors (Lipinski definition) is 2. The zero-order valence-corrected chi connectivity index (χ0v) is 15.3. The first-order valence-electron chi connectivity index (χ1n) is 7.58. The summed E-state index contributed by atoms with van der Waals surface area (Å²) in [5, 5.41) is 2.34. The van der Waals surface area contributed by atoms with Gasteiger partial charge >= 0.3 is 0 Å². The van der Waals surface area contributed by atoms with E-state index in [2.05, 4.69) is 10.0 Å². The van der Waals surface area contributed by atoms with Crippen LogP contribution in [-0.4, -0.2) is 34.6 Å². The van der Waals surface area contributed by atoms with Crippen LogP contribution in [0.5, 0.6) is 11.5 Å². The number of amides is 1. The SMILES string of the molecule is COc1ccc(S(=O)(=O)NC(C)C(=O)Nc2ccccc2F)cc1OC. The molecule has 2 N–H and O–H groups in total. The van der Waals surface area contributed by atoms with Crippen LogP contribution in [0.4, 0.5) is 10.1 Å². The zero-order chi connectivity index (χ0) is 19.3. The maximum absolute atomic E-state index is 13.6. The molecule has 2 aromatic carbocycles. The van der Waals surface area contributed by atoms with Crippen LogP contribution in [0.15, 0.2) is 47.4 Å². The molecule has 0 bridgehead atoms. The molecule has 0 spiro atoms. The first kappa shape index (κ1) is 19.7. The Kier molecular flexibility index (Phi) is 6.17. The molecule has 1 amide bonds. The number of sulfonamides is 1. The molecule has 26 heavy (non-hydrogen) atoms. The summed E-state index contributed by atoms with van der Waals surface area (Å²) in [6.07, 6.45) is 0. The van der Waals surface area contributed by atoms with E-state index in [-0.39, 0.29) is 16.3 Å². The van der Waals surface area contributed by atoms with E-state index in [9.17, 15) is 17.6 Å². The normalized spacial score (nSPS) is 12.3. The fraction of sp³-hybridized carbons (Fsp3) is 0.235. The van der Waals surface area contributed by atoms with Gasteiger partial charge in [-0.2, -0.15) is 4.72 Å². The van der Waals surface area contributed by atoms with E-state index < -0.39 is 27.8 Å². The number of anilines is 1. The Bertz CT molecular complexity index is 902. The average Bonchev–Trinajstić information content (AvgIpc) is 2.62. The molecule has 0 aliphatic carbocycles. The fourth-order valence-corrected chi connectivity index (χ4v) is 3.36. The molecule has 140 valence electrons. The Morgan fingerprint density at radius 2 is 1.73 bits per heavy atom. The van der Waals surface area contributed by atoms with Gasteiger partial charge in [0.15, 0.2) is 11.5 Å². The summed E-state index contributed by atoms with van der Waals surface area (Å²) < 4.78 is 50.9. The Hall–Kier alpha value is -2.65. The number of halogens is 1. The lowest BCUT2D eigenvalue weighted by Crippen LogP contribution is -2.41. The van der Waals surface area contributed by atoms with Gasteiger partial charge in [-0.1, -0.05) is 12.1 Å². The number of benzene rings is 2. The highest BCUT2D eigenvalue weighted by molar-refractivity contribution is 7.89. The molecule has 0 heterocycles. The quantitative estimate of drug-likeness (QED) is 0.765.